The van der Waals surface area contributed by atoms with Crippen LogP contribution in [0.3, 0.4) is 0 Å². The van der Waals surface area contributed by atoms with Gasteiger partial charge in [0.15, 0.2) is 0 Å². The molecule has 0 aromatic heterocycles. The molecule has 118 valence electrons. The number of likely N-dealkylation sites (tertiary alicyclic amines) is 1. The molecule has 0 saturated carbocycles. The van der Waals surface area contributed by atoms with Crippen LogP contribution in [-0.2, 0) is 16.0 Å². The maximum absolute atomic E-state index is 12.7. The van der Waals surface area contributed by atoms with E-state index in [0.29, 0.717) is 6.42 Å². The van der Waals surface area contributed by atoms with Gasteiger partial charge < -0.3 is 9.80 Å². The molecule has 1 aromatic carbocycles. The molecule has 22 heavy (non-hydrogen) atoms. The van der Waals surface area contributed by atoms with Crippen LogP contribution >= 0.6 is 0 Å². The summed E-state index contributed by atoms with van der Waals surface area (Å²) in [6.07, 6.45) is 5.66. The Kier molecular flexibility index (Phi) is 4.46. The van der Waals surface area contributed by atoms with Crippen molar-refractivity contribution in [1.29, 1.82) is 0 Å². The predicted molar refractivity (Wildman–Crippen MR) is 86.9 cm³/mol. The first kappa shape index (κ1) is 15.1. The number of rotatable bonds is 2. The van der Waals surface area contributed by atoms with E-state index in [-0.39, 0.29) is 18.4 Å². The van der Waals surface area contributed by atoms with Crippen LogP contribution in [0.1, 0.15) is 43.2 Å². The molecule has 4 heteroatoms. The summed E-state index contributed by atoms with van der Waals surface area (Å²) in [6.45, 7) is 3.79. The van der Waals surface area contributed by atoms with E-state index >= 15 is 0 Å². The maximum Gasteiger partial charge on any atom is 0.246 e. The summed E-state index contributed by atoms with van der Waals surface area (Å²) in [5.41, 5.74) is 3.52. The second-order valence-corrected chi connectivity index (χ2v) is 6.41. The maximum atomic E-state index is 12.7. The summed E-state index contributed by atoms with van der Waals surface area (Å²) in [5, 5.41) is 0. The van der Waals surface area contributed by atoms with E-state index in [9.17, 15) is 9.59 Å². The van der Waals surface area contributed by atoms with Crippen molar-refractivity contribution in [2.45, 2.75) is 45.4 Å². The molecule has 0 unspecified atom stereocenters. The summed E-state index contributed by atoms with van der Waals surface area (Å²) in [4.78, 5) is 28.4. The lowest BCUT2D eigenvalue weighted by atomic mass is 9.99. The standard InChI is InChI=1S/C18H24N2O2/c1-14-8-9-16-15(12-14)6-5-11-20(16)18(22)13-19-10-4-2-3-7-17(19)21/h8-9,12H,2-7,10-11,13H2,1H3. The first-order chi connectivity index (χ1) is 10.6. The van der Waals surface area contributed by atoms with Crippen molar-refractivity contribution < 1.29 is 9.59 Å². The number of hydrogen-bond donors (Lipinski definition) is 0. The number of fused-ring (bicyclic) bond motifs is 1. The largest absolute Gasteiger partial charge is 0.333 e. The zero-order chi connectivity index (χ0) is 15.5. The number of amides is 2. The summed E-state index contributed by atoms with van der Waals surface area (Å²) in [5.74, 6) is 0.187. The fraction of sp³-hybridized carbons (Fsp3) is 0.556. The smallest absolute Gasteiger partial charge is 0.246 e. The molecule has 0 spiro atoms. The van der Waals surface area contributed by atoms with Crippen LogP contribution in [0.5, 0.6) is 0 Å². The molecule has 1 fully saturated rings. The SMILES string of the molecule is Cc1ccc2c(c1)CCCN2C(=O)CN1CCCCCC1=O. The van der Waals surface area contributed by atoms with Crippen molar-refractivity contribution >= 4 is 17.5 Å². The van der Waals surface area contributed by atoms with Crippen molar-refractivity contribution in [2.75, 3.05) is 24.5 Å². The van der Waals surface area contributed by atoms with Crippen LogP contribution < -0.4 is 4.90 Å². The third-order valence-electron chi connectivity index (χ3n) is 4.65. The van der Waals surface area contributed by atoms with E-state index in [1.165, 1.54) is 11.1 Å². The normalized spacial score (nSPS) is 18.9. The Morgan fingerprint density at radius 3 is 2.82 bits per heavy atom. The monoisotopic (exact) mass is 300 g/mol. The molecule has 0 aliphatic carbocycles. The number of nitrogens with zero attached hydrogens (tertiary/aromatic N) is 2. The van der Waals surface area contributed by atoms with Gasteiger partial charge in [0.2, 0.25) is 11.8 Å². The van der Waals surface area contributed by atoms with Gasteiger partial charge in [0.25, 0.3) is 0 Å². The predicted octanol–water partition coefficient (Wildman–Crippen LogP) is 2.68. The average molecular weight is 300 g/mol. The number of carbonyl (C=O) groups excluding carboxylic acids is 2. The highest BCUT2D eigenvalue weighted by Crippen LogP contribution is 2.28. The first-order valence-corrected chi connectivity index (χ1v) is 8.33. The molecular weight excluding hydrogens is 276 g/mol. The molecule has 0 bridgehead atoms. The van der Waals surface area contributed by atoms with Gasteiger partial charge in [-0.25, -0.2) is 0 Å². The Hall–Kier alpha value is -1.84. The lowest BCUT2D eigenvalue weighted by molar-refractivity contribution is -0.134. The molecule has 4 nitrogen and oxygen atoms in total. The van der Waals surface area contributed by atoms with Gasteiger partial charge in [-0.3, -0.25) is 9.59 Å². The Morgan fingerprint density at radius 2 is 1.95 bits per heavy atom. The lowest BCUT2D eigenvalue weighted by Crippen LogP contribution is -2.44. The molecular formula is C18H24N2O2. The van der Waals surface area contributed by atoms with Gasteiger partial charge in [0, 0.05) is 25.2 Å². The summed E-state index contributed by atoms with van der Waals surface area (Å²) >= 11 is 0. The highest BCUT2D eigenvalue weighted by Gasteiger charge is 2.26. The molecule has 2 amide bonds. The van der Waals surface area contributed by atoms with Crippen LogP contribution in [0.2, 0.25) is 0 Å². The molecule has 1 saturated heterocycles. The molecule has 2 heterocycles. The van der Waals surface area contributed by atoms with Gasteiger partial charge in [-0.1, -0.05) is 24.1 Å². The van der Waals surface area contributed by atoms with E-state index < -0.39 is 0 Å². The third-order valence-corrected chi connectivity index (χ3v) is 4.65. The van der Waals surface area contributed by atoms with E-state index in [1.807, 2.05) is 11.0 Å². The van der Waals surface area contributed by atoms with Crippen LogP contribution in [0.4, 0.5) is 5.69 Å². The number of carbonyl (C=O) groups is 2. The van der Waals surface area contributed by atoms with Gasteiger partial charge in [-0.2, -0.15) is 0 Å². The van der Waals surface area contributed by atoms with Gasteiger partial charge >= 0.3 is 0 Å². The molecule has 0 radical (unpaired) electrons. The molecule has 0 N–H and O–H groups in total. The Labute approximate surface area is 132 Å². The van der Waals surface area contributed by atoms with Crippen LogP contribution in [0.15, 0.2) is 18.2 Å². The highest BCUT2D eigenvalue weighted by molar-refractivity contribution is 5.97. The van der Waals surface area contributed by atoms with E-state index in [2.05, 4.69) is 19.1 Å². The lowest BCUT2D eigenvalue weighted by Gasteiger charge is -2.31. The molecule has 3 rings (SSSR count). The molecule has 0 atom stereocenters. The van der Waals surface area contributed by atoms with Gasteiger partial charge in [-0.15, -0.1) is 0 Å². The Morgan fingerprint density at radius 1 is 1.09 bits per heavy atom. The summed E-state index contributed by atoms with van der Waals surface area (Å²) in [6, 6.07) is 6.28. The topological polar surface area (TPSA) is 40.6 Å². The zero-order valence-electron chi connectivity index (χ0n) is 13.3. The Bertz CT molecular complexity index is 582. The minimum atomic E-state index is 0.0556. The zero-order valence-corrected chi connectivity index (χ0v) is 13.3. The quantitative estimate of drug-likeness (QED) is 0.842. The first-order valence-electron chi connectivity index (χ1n) is 8.33. The summed E-state index contributed by atoms with van der Waals surface area (Å²) < 4.78 is 0. The fourth-order valence-electron chi connectivity index (χ4n) is 3.44. The van der Waals surface area contributed by atoms with E-state index in [4.69, 9.17) is 0 Å². The van der Waals surface area contributed by atoms with Crippen molar-refractivity contribution in [3.8, 4) is 0 Å². The van der Waals surface area contributed by atoms with Crippen molar-refractivity contribution in [3.63, 3.8) is 0 Å². The Balaban J connectivity index is 1.74. The van der Waals surface area contributed by atoms with Crippen molar-refractivity contribution in [3.05, 3.63) is 29.3 Å². The number of aryl methyl sites for hydroxylation is 2. The molecule has 2 aliphatic rings. The highest BCUT2D eigenvalue weighted by atomic mass is 16.2. The second kappa shape index (κ2) is 6.51. The van der Waals surface area contributed by atoms with E-state index in [1.54, 1.807) is 4.90 Å². The summed E-state index contributed by atoms with van der Waals surface area (Å²) in [7, 11) is 0. The minimum Gasteiger partial charge on any atom is -0.333 e. The van der Waals surface area contributed by atoms with Crippen LogP contribution in [0, 0.1) is 6.92 Å². The van der Waals surface area contributed by atoms with Crippen LogP contribution in [0.25, 0.3) is 0 Å². The minimum absolute atomic E-state index is 0.0556. The van der Waals surface area contributed by atoms with E-state index in [0.717, 1.165) is 50.9 Å². The van der Waals surface area contributed by atoms with Crippen molar-refractivity contribution in [2.24, 2.45) is 0 Å². The third kappa shape index (κ3) is 3.16. The number of hydrogen-bond acceptors (Lipinski definition) is 2. The molecule has 1 aromatic rings. The fourth-order valence-corrected chi connectivity index (χ4v) is 3.44. The van der Waals surface area contributed by atoms with Crippen LogP contribution in [-0.4, -0.2) is 36.3 Å². The van der Waals surface area contributed by atoms with Gasteiger partial charge in [0.05, 0.1) is 0 Å². The van der Waals surface area contributed by atoms with Crippen molar-refractivity contribution in [1.82, 2.24) is 4.90 Å². The average Bonchev–Trinajstić information content (AvgIpc) is 2.71. The van der Waals surface area contributed by atoms with Gasteiger partial charge in [0.1, 0.15) is 6.54 Å². The second-order valence-electron chi connectivity index (χ2n) is 6.41. The molecule has 2 aliphatic heterocycles. The van der Waals surface area contributed by atoms with Gasteiger partial charge in [-0.05, 0) is 44.2 Å². The number of anilines is 1. The number of benzene rings is 1.